The highest BCUT2D eigenvalue weighted by molar-refractivity contribution is 5.15. The molecule has 1 aromatic carbocycles. The van der Waals surface area contributed by atoms with Crippen molar-refractivity contribution in [2.24, 2.45) is 0 Å². The molecule has 1 unspecified atom stereocenters. The van der Waals surface area contributed by atoms with Gasteiger partial charge in [-0.05, 0) is 12.0 Å². The Morgan fingerprint density at radius 1 is 1.19 bits per heavy atom. The molecule has 1 atom stereocenters. The topological polar surface area (TPSA) is 32.7 Å². The third-order valence-electron chi connectivity index (χ3n) is 2.89. The first kappa shape index (κ1) is 11.6. The summed E-state index contributed by atoms with van der Waals surface area (Å²) in [5, 5.41) is 9.97. The fourth-order valence-corrected chi connectivity index (χ4v) is 2.03. The Hall–Kier alpha value is -0.900. The molecule has 16 heavy (non-hydrogen) atoms. The number of benzene rings is 1. The van der Waals surface area contributed by atoms with Crippen LogP contribution in [0.3, 0.4) is 0 Å². The maximum absolute atomic E-state index is 9.97. The number of morpholine rings is 1. The fourth-order valence-electron chi connectivity index (χ4n) is 2.03. The van der Waals surface area contributed by atoms with Crippen molar-refractivity contribution in [1.82, 2.24) is 4.90 Å². The van der Waals surface area contributed by atoms with Gasteiger partial charge in [0.15, 0.2) is 0 Å². The Kier molecular flexibility index (Phi) is 4.34. The number of aliphatic hydroxyl groups excluding tert-OH is 1. The number of ether oxygens (including phenoxy) is 1. The molecule has 1 heterocycles. The first-order valence-corrected chi connectivity index (χ1v) is 5.86. The molecule has 1 aliphatic heterocycles. The van der Waals surface area contributed by atoms with Gasteiger partial charge in [0.05, 0.1) is 19.3 Å². The van der Waals surface area contributed by atoms with Gasteiger partial charge in [-0.2, -0.15) is 0 Å². The highest BCUT2D eigenvalue weighted by Gasteiger charge is 2.14. The van der Waals surface area contributed by atoms with Crippen LogP contribution < -0.4 is 0 Å². The molecular weight excluding hydrogens is 202 g/mol. The molecule has 3 heteroatoms. The molecule has 0 saturated carbocycles. The van der Waals surface area contributed by atoms with Crippen molar-refractivity contribution >= 4 is 0 Å². The molecule has 1 aromatic rings. The molecule has 1 saturated heterocycles. The van der Waals surface area contributed by atoms with Gasteiger partial charge in [0.25, 0.3) is 0 Å². The summed E-state index contributed by atoms with van der Waals surface area (Å²) in [7, 11) is 0. The van der Waals surface area contributed by atoms with Gasteiger partial charge in [0.1, 0.15) is 0 Å². The monoisotopic (exact) mass is 221 g/mol. The molecule has 1 aliphatic rings. The third-order valence-corrected chi connectivity index (χ3v) is 2.89. The third kappa shape index (κ3) is 3.59. The van der Waals surface area contributed by atoms with Crippen molar-refractivity contribution in [2.45, 2.75) is 12.5 Å². The molecule has 0 aliphatic carbocycles. The first-order chi connectivity index (χ1) is 7.84. The lowest BCUT2D eigenvalue weighted by Crippen LogP contribution is -2.41. The van der Waals surface area contributed by atoms with Gasteiger partial charge in [-0.3, -0.25) is 4.90 Å². The first-order valence-electron chi connectivity index (χ1n) is 5.86. The lowest BCUT2D eigenvalue weighted by molar-refractivity contribution is 0.0149. The van der Waals surface area contributed by atoms with Gasteiger partial charge in [-0.1, -0.05) is 30.3 Å². The zero-order valence-electron chi connectivity index (χ0n) is 9.51. The second-order valence-electron chi connectivity index (χ2n) is 4.26. The summed E-state index contributed by atoms with van der Waals surface area (Å²) in [6.45, 7) is 4.20. The van der Waals surface area contributed by atoms with Gasteiger partial charge in [0.2, 0.25) is 0 Å². The van der Waals surface area contributed by atoms with Crippen LogP contribution in [0.5, 0.6) is 0 Å². The number of β-amino-alcohol motifs (C(OH)–C–C–N with tert-alkyl or cyclic N) is 1. The lowest BCUT2D eigenvalue weighted by Gasteiger charge is -2.28. The molecule has 1 N–H and O–H groups in total. The van der Waals surface area contributed by atoms with Crippen LogP contribution >= 0.6 is 0 Å². The minimum absolute atomic E-state index is 0.277. The zero-order chi connectivity index (χ0) is 11.2. The molecule has 88 valence electrons. The van der Waals surface area contributed by atoms with Crippen LogP contribution in [0.4, 0.5) is 0 Å². The van der Waals surface area contributed by atoms with E-state index in [1.807, 2.05) is 18.2 Å². The summed E-state index contributed by atoms with van der Waals surface area (Å²) >= 11 is 0. The summed E-state index contributed by atoms with van der Waals surface area (Å²) in [5.74, 6) is 0. The number of hydrogen-bond acceptors (Lipinski definition) is 3. The Labute approximate surface area is 96.6 Å². The Morgan fingerprint density at radius 2 is 1.88 bits per heavy atom. The van der Waals surface area contributed by atoms with E-state index in [-0.39, 0.29) is 6.10 Å². The lowest BCUT2D eigenvalue weighted by atomic mass is 10.1. The highest BCUT2D eigenvalue weighted by atomic mass is 16.5. The van der Waals surface area contributed by atoms with E-state index < -0.39 is 0 Å². The van der Waals surface area contributed by atoms with Crippen molar-refractivity contribution in [3.63, 3.8) is 0 Å². The van der Waals surface area contributed by atoms with Gasteiger partial charge in [-0.15, -0.1) is 0 Å². The van der Waals surface area contributed by atoms with Crippen LogP contribution in [-0.2, 0) is 11.2 Å². The second-order valence-corrected chi connectivity index (χ2v) is 4.26. The van der Waals surface area contributed by atoms with E-state index in [0.29, 0.717) is 0 Å². The van der Waals surface area contributed by atoms with Crippen molar-refractivity contribution < 1.29 is 9.84 Å². The zero-order valence-corrected chi connectivity index (χ0v) is 9.51. The van der Waals surface area contributed by atoms with Gasteiger partial charge >= 0.3 is 0 Å². The van der Waals surface area contributed by atoms with Crippen LogP contribution in [0.1, 0.15) is 5.56 Å². The Bertz CT molecular complexity index is 296. The van der Waals surface area contributed by atoms with Crippen molar-refractivity contribution in [3.8, 4) is 0 Å². The molecule has 0 aromatic heterocycles. The van der Waals surface area contributed by atoms with E-state index in [9.17, 15) is 5.11 Å². The summed E-state index contributed by atoms with van der Waals surface area (Å²) in [5.41, 5.74) is 1.20. The van der Waals surface area contributed by atoms with E-state index in [4.69, 9.17) is 4.74 Å². The number of hydrogen-bond donors (Lipinski definition) is 1. The minimum atomic E-state index is -0.277. The summed E-state index contributed by atoms with van der Waals surface area (Å²) in [6, 6.07) is 10.1. The normalized spacial score (nSPS) is 19.6. The molecule has 0 spiro atoms. The highest BCUT2D eigenvalue weighted by Crippen LogP contribution is 2.05. The van der Waals surface area contributed by atoms with Gasteiger partial charge in [-0.25, -0.2) is 0 Å². The number of rotatable bonds is 4. The van der Waals surface area contributed by atoms with Crippen molar-refractivity contribution in [3.05, 3.63) is 35.9 Å². The predicted molar refractivity (Wildman–Crippen MR) is 63.4 cm³/mol. The van der Waals surface area contributed by atoms with E-state index >= 15 is 0 Å². The molecule has 3 nitrogen and oxygen atoms in total. The molecule has 1 fully saturated rings. The molecule has 0 bridgehead atoms. The van der Waals surface area contributed by atoms with Crippen LogP contribution in [0, 0.1) is 0 Å². The van der Waals surface area contributed by atoms with Crippen molar-refractivity contribution in [1.29, 1.82) is 0 Å². The smallest absolute Gasteiger partial charge is 0.0707 e. The summed E-state index contributed by atoms with van der Waals surface area (Å²) in [6.07, 6.45) is 0.457. The minimum Gasteiger partial charge on any atom is -0.391 e. The standard InChI is InChI=1S/C13H19NO2/c15-13(10-12-4-2-1-3-5-12)11-14-6-8-16-9-7-14/h1-5,13,15H,6-11H2. The van der Waals surface area contributed by atoms with Gasteiger partial charge < -0.3 is 9.84 Å². The predicted octanol–water partition coefficient (Wildman–Crippen LogP) is 0.922. The maximum atomic E-state index is 9.97. The van der Waals surface area contributed by atoms with Crippen LogP contribution in [-0.4, -0.2) is 49.0 Å². The average Bonchev–Trinajstić information content (AvgIpc) is 2.31. The molecular formula is C13H19NO2. The van der Waals surface area contributed by atoms with E-state index in [2.05, 4.69) is 17.0 Å². The molecule has 0 radical (unpaired) electrons. The second kappa shape index (κ2) is 5.99. The van der Waals surface area contributed by atoms with Crippen LogP contribution in [0.25, 0.3) is 0 Å². The summed E-state index contributed by atoms with van der Waals surface area (Å²) < 4.78 is 5.28. The molecule has 2 rings (SSSR count). The molecule has 0 amide bonds. The van der Waals surface area contributed by atoms with E-state index in [1.165, 1.54) is 5.56 Å². The maximum Gasteiger partial charge on any atom is 0.0707 e. The summed E-state index contributed by atoms with van der Waals surface area (Å²) in [4.78, 5) is 2.26. The van der Waals surface area contributed by atoms with E-state index in [0.717, 1.165) is 39.3 Å². The fraction of sp³-hybridized carbons (Fsp3) is 0.538. The van der Waals surface area contributed by atoms with Gasteiger partial charge in [0, 0.05) is 19.6 Å². The average molecular weight is 221 g/mol. The SMILES string of the molecule is OC(Cc1ccccc1)CN1CCOCC1. The Morgan fingerprint density at radius 3 is 2.56 bits per heavy atom. The largest absolute Gasteiger partial charge is 0.391 e. The van der Waals surface area contributed by atoms with Crippen LogP contribution in [0.15, 0.2) is 30.3 Å². The van der Waals surface area contributed by atoms with E-state index in [1.54, 1.807) is 0 Å². The number of nitrogens with zero attached hydrogens (tertiary/aromatic N) is 1. The quantitative estimate of drug-likeness (QED) is 0.820. The van der Waals surface area contributed by atoms with Crippen LogP contribution in [0.2, 0.25) is 0 Å². The Balaban J connectivity index is 1.77. The van der Waals surface area contributed by atoms with Crippen molar-refractivity contribution in [2.75, 3.05) is 32.8 Å². The number of aliphatic hydroxyl groups is 1.